The van der Waals surface area contributed by atoms with Crippen LogP contribution in [-0.2, 0) is 0 Å². The lowest BCUT2D eigenvalue weighted by molar-refractivity contribution is 0.0978. The van der Waals surface area contributed by atoms with Crippen molar-refractivity contribution in [3.05, 3.63) is 74.8 Å². The molecule has 3 aromatic carbocycles. The average molecular weight is 467 g/mol. The second kappa shape index (κ2) is 7.46. The second-order valence-electron chi connectivity index (χ2n) is 5.09. The van der Waals surface area contributed by atoms with Gasteiger partial charge in [0, 0.05) is 9.26 Å². The van der Waals surface area contributed by atoms with Gasteiger partial charge in [0.25, 0.3) is 5.91 Å². The summed E-state index contributed by atoms with van der Waals surface area (Å²) in [6.07, 6.45) is 0. The van der Waals surface area contributed by atoms with Crippen LogP contribution in [0.3, 0.4) is 0 Å². The lowest BCUT2D eigenvalue weighted by Gasteiger charge is -2.11. The summed E-state index contributed by atoms with van der Waals surface area (Å²) in [5, 5.41) is 8.53. The summed E-state index contributed by atoms with van der Waals surface area (Å²) in [7, 11) is 0. The van der Waals surface area contributed by atoms with Gasteiger partial charge in [0.05, 0.1) is 10.6 Å². The lowest BCUT2D eigenvalue weighted by Crippen LogP contribution is -2.34. The predicted molar refractivity (Wildman–Crippen MR) is 112 cm³/mol. The highest BCUT2D eigenvalue weighted by molar-refractivity contribution is 14.1. The second-order valence-corrected chi connectivity index (χ2v) is 7.16. The molecule has 2 N–H and O–H groups in total. The van der Waals surface area contributed by atoms with Gasteiger partial charge in [-0.2, -0.15) is 0 Å². The fourth-order valence-corrected chi connectivity index (χ4v) is 3.18. The molecule has 0 aromatic heterocycles. The number of nitrogens with one attached hydrogen (secondary N) is 2. The van der Waals surface area contributed by atoms with Crippen LogP contribution in [0.4, 0.5) is 5.69 Å². The molecule has 0 bridgehead atoms. The zero-order valence-corrected chi connectivity index (χ0v) is 16.1. The summed E-state index contributed by atoms with van der Waals surface area (Å²) in [4.78, 5) is 12.3. The molecular formula is C18H12ClIN2OS. The molecule has 0 saturated heterocycles. The molecule has 0 unspecified atom stereocenters. The zero-order chi connectivity index (χ0) is 17.1. The maximum Gasteiger partial charge on any atom is 0.258 e. The van der Waals surface area contributed by atoms with Crippen LogP contribution in [0.5, 0.6) is 0 Å². The Morgan fingerprint density at radius 3 is 2.54 bits per heavy atom. The number of rotatable bonds is 2. The minimum absolute atomic E-state index is 0.227. The van der Waals surface area contributed by atoms with Crippen molar-refractivity contribution < 1.29 is 4.79 Å². The Bertz CT molecular complexity index is 945. The van der Waals surface area contributed by atoms with Crippen molar-refractivity contribution in [1.82, 2.24) is 5.32 Å². The number of amides is 1. The van der Waals surface area contributed by atoms with Crippen LogP contribution in [0, 0.1) is 3.57 Å². The van der Waals surface area contributed by atoms with Crippen molar-refractivity contribution in [2.24, 2.45) is 0 Å². The van der Waals surface area contributed by atoms with Crippen LogP contribution in [0.2, 0.25) is 5.02 Å². The van der Waals surface area contributed by atoms with Gasteiger partial charge in [0.15, 0.2) is 5.11 Å². The standard InChI is InChI=1S/C18H12ClIN2OS/c19-16-8-6-13(20)10-15(16)17(23)22-18(24)21-14-7-5-11-3-1-2-4-12(11)9-14/h1-10H,(H2,21,22,23,24). The Morgan fingerprint density at radius 1 is 1.00 bits per heavy atom. The van der Waals surface area contributed by atoms with E-state index in [1.807, 2.05) is 48.5 Å². The van der Waals surface area contributed by atoms with E-state index in [4.69, 9.17) is 23.8 Å². The molecule has 6 heteroatoms. The number of hydrogen-bond donors (Lipinski definition) is 2. The van der Waals surface area contributed by atoms with Crippen molar-refractivity contribution in [2.45, 2.75) is 0 Å². The monoisotopic (exact) mass is 466 g/mol. The minimum atomic E-state index is -0.336. The summed E-state index contributed by atoms with van der Waals surface area (Å²) in [6.45, 7) is 0. The molecule has 0 heterocycles. The summed E-state index contributed by atoms with van der Waals surface area (Å²) in [5.74, 6) is -0.336. The first kappa shape index (κ1) is 17.1. The molecule has 0 aliphatic heterocycles. The van der Waals surface area contributed by atoms with Crippen LogP contribution >= 0.6 is 46.4 Å². The van der Waals surface area contributed by atoms with Crippen LogP contribution < -0.4 is 10.6 Å². The molecule has 120 valence electrons. The van der Waals surface area contributed by atoms with Gasteiger partial charge in [0.1, 0.15) is 0 Å². The number of benzene rings is 3. The van der Waals surface area contributed by atoms with Crippen molar-refractivity contribution in [1.29, 1.82) is 0 Å². The molecule has 0 fully saturated rings. The van der Waals surface area contributed by atoms with E-state index in [1.165, 1.54) is 0 Å². The first-order valence-corrected chi connectivity index (χ1v) is 8.95. The molecule has 3 rings (SSSR count). The lowest BCUT2D eigenvalue weighted by atomic mass is 10.1. The maximum absolute atomic E-state index is 12.3. The third kappa shape index (κ3) is 4.03. The van der Waals surface area contributed by atoms with E-state index in [9.17, 15) is 4.79 Å². The summed E-state index contributed by atoms with van der Waals surface area (Å²) in [5.41, 5.74) is 1.21. The Balaban J connectivity index is 1.72. The van der Waals surface area contributed by atoms with Crippen LogP contribution in [0.1, 0.15) is 10.4 Å². The minimum Gasteiger partial charge on any atom is -0.332 e. The molecule has 3 aromatic rings. The van der Waals surface area contributed by atoms with Crippen LogP contribution in [-0.4, -0.2) is 11.0 Å². The Kier molecular flexibility index (Phi) is 5.33. The number of halogens is 2. The van der Waals surface area contributed by atoms with E-state index in [0.717, 1.165) is 20.0 Å². The number of hydrogen-bond acceptors (Lipinski definition) is 2. The first-order chi connectivity index (χ1) is 11.5. The smallest absolute Gasteiger partial charge is 0.258 e. The summed E-state index contributed by atoms with van der Waals surface area (Å²) in [6, 6.07) is 19.2. The van der Waals surface area contributed by atoms with Gasteiger partial charge < -0.3 is 5.32 Å². The normalized spacial score (nSPS) is 10.4. The predicted octanol–water partition coefficient (Wildman–Crippen LogP) is 5.22. The van der Waals surface area contributed by atoms with E-state index in [-0.39, 0.29) is 11.0 Å². The fraction of sp³-hybridized carbons (Fsp3) is 0. The molecule has 0 saturated carbocycles. The third-order valence-electron chi connectivity index (χ3n) is 3.41. The van der Waals surface area contributed by atoms with Gasteiger partial charge >= 0.3 is 0 Å². The number of anilines is 1. The first-order valence-electron chi connectivity index (χ1n) is 7.09. The fourth-order valence-electron chi connectivity index (χ4n) is 2.27. The molecule has 1 amide bonds. The zero-order valence-electron chi connectivity index (χ0n) is 12.3. The van der Waals surface area contributed by atoms with E-state index >= 15 is 0 Å². The topological polar surface area (TPSA) is 41.1 Å². The van der Waals surface area contributed by atoms with E-state index < -0.39 is 0 Å². The number of carbonyl (C=O) groups excluding carboxylic acids is 1. The SMILES string of the molecule is O=C(NC(=S)Nc1ccc2ccccc2c1)c1cc(I)ccc1Cl. The molecule has 0 aliphatic carbocycles. The Labute approximate surface area is 163 Å². The Hall–Kier alpha value is -1.70. The summed E-state index contributed by atoms with van der Waals surface area (Å²) < 4.78 is 0.926. The van der Waals surface area contributed by atoms with Gasteiger partial charge in [-0.1, -0.05) is 41.9 Å². The molecule has 0 atom stereocenters. The molecule has 0 spiro atoms. The quantitative estimate of drug-likeness (QED) is 0.402. The number of fused-ring (bicyclic) bond motifs is 1. The molecule has 3 nitrogen and oxygen atoms in total. The summed E-state index contributed by atoms with van der Waals surface area (Å²) >= 11 is 13.4. The number of thiocarbonyl (C=S) groups is 1. The highest BCUT2D eigenvalue weighted by atomic mass is 127. The highest BCUT2D eigenvalue weighted by Gasteiger charge is 2.12. The van der Waals surface area contributed by atoms with Crippen molar-refractivity contribution in [2.75, 3.05) is 5.32 Å². The van der Waals surface area contributed by atoms with E-state index in [2.05, 4.69) is 33.2 Å². The van der Waals surface area contributed by atoms with Crippen molar-refractivity contribution in [3.8, 4) is 0 Å². The molecular weight excluding hydrogens is 455 g/mol. The molecule has 0 aliphatic rings. The van der Waals surface area contributed by atoms with Gasteiger partial charge in [-0.05, 0) is 75.9 Å². The maximum atomic E-state index is 12.3. The van der Waals surface area contributed by atoms with E-state index in [0.29, 0.717) is 10.6 Å². The van der Waals surface area contributed by atoms with Gasteiger partial charge in [-0.3, -0.25) is 10.1 Å². The number of carbonyl (C=O) groups is 1. The molecule has 0 radical (unpaired) electrons. The van der Waals surface area contributed by atoms with Crippen LogP contribution in [0.25, 0.3) is 10.8 Å². The van der Waals surface area contributed by atoms with E-state index in [1.54, 1.807) is 12.1 Å². The van der Waals surface area contributed by atoms with Gasteiger partial charge in [0.2, 0.25) is 0 Å². The van der Waals surface area contributed by atoms with Crippen LogP contribution in [0.15, 0.2) is 60.7 Å². The molecule has 24 heavy (non-hydrogen) atoms. The Morgan fingerprint density at radius 2 is 1.75 bits per heavy atom. The average Bonchev–Trinajstić information content (AvgIpc) is 2.56. The largest absolute Gasteiger partial charge is 0.332 e. The highest BCUT2D eigenvalue weighted by Crippen LogP contribution is 2.20. The van der Waals surface area contributed by atoms with Gasteiger partial charge in [-0.25, -0.2) is 0 Å². The van der Waals surface area contributed by atoms with Crippen molar-refractivity contribution in [3.63, 3.8) is 0 Å². The van der Waals surface area contributed by atoms with Crippen molar-refractivity contribution >= 4 is 73.9 Å². The third-order valence-corrected chi connectivity index (χ3v) is 4.61. The van der Waals surface area contributed by atoms with Gasteiger partial charge in [-0.15, -0.1) is 0 Å².